The highest BCUT2D eigenvalue weighted by atomic mass is 19.4. The number of nitrogens with one attached hydrogen (secondary N) is 1. The number of ether oxygens (including phenoxy) is 1. The predicted octanol–water partition coefficient (Wildman–Crippen LogP) is 3.53. The topological polar surface area (TPSA) is 24.5 Å². The molecule has 118 valence electrons. The third kappa shape index (κ3) is 6.25. The lowest BCUT2D eigenvalue weighted by molar-refractivity contribution is -0.139. The van der Waals surface area contributed by atoms with Gasteiger partial charge in [0.25, 0.3) is 0 Å². The molecule has 0 unspecified atom stereocenters. The van der Waals surface area contributed by atoms with Crippen molar-refractivity contribution in [2.24, 2.45) is 0 Å². The monoisotopic (exact) mass is 302 g/mol. The molecule has 1 aromatic carbocycles. The fourth-order valence-corrected chi connectivity index (χ4v) is 2.35. The number of anilines is 1. The highest BCUT2D eigenvalue weighted by Gasteiger charge is 2.26. The van der Waals surface area contributed by atoms with Crippen molar-refractivity contribution in [1.82, 2.24) is 4.90 Å². The maximum atomic E-state index is 12.1. The molecule has 1 saturated heterocycles. The minimum absolute atomic E-state index is 0.346. The first-order valence-corrected chi connectivity index (χ1v) is 7.29. The predicted molar refractivity (Wildman–Crippen MR) is 76.8 cm³/mol. The van der Waals surface area contributed by atoms with Crippen molar-refractivity contribution in [3.8, 4) is 5.75 Å². The molecule has 3 nitrogen and oxygen atoms in total. The molecule has 0 saturated carbocycles. The average Bonchev–Trinajstić information content (AvgIpc) is 2.91. The van der Waals surface area contributed by atoms with Gasteiger partial charge in [0.1, 0.15) is 5.75 Å². The van der Waals surface area contributed by atoms with Gasteiger partial charge in [0.15, 0.2) is 0 Å². The van der Waals surface area contributed by atoms with E-state index in [0.29, 0.717) is 5.75 Å². The van der Waals surface area contributed by atoms with Crippen molar-refractivity contribution in [2.75, 3.05) is 38.1 Å². The highest BCUT2D eigenvalue weighted by Crippen LogP contribution is 2.22. The van der Waals surface area contributed by atoms with E-state index in [4.69, 9.17) is 4.74 Å². The Labute approximate surface area is 123 Å². The van der Waals surface area contributed by atoms with E-state index in [9.17, 15) is 13.2 Å². The molecule has 1 aliphatic rings. The van der Waals surface area contributed by atoms with Gasteiger partial charge < -0.3 is 15.0 Å². The summed E-state index contributed by atoms with van der Waals surface area (Å²) >= 11 is 0. The summed E-state index contributed by atoms with van der Waals surface area (Å²) in [5.74, 6) is 0.463. The van der Waals surface area contributed by atoms with Gasteiger partial charge in [0.05, 0.1) is 13.0 Å². The lowest BCUT2D eigenvalue weighted by atomic mass is 10.3. The van der Waals surface area contributed by atoms with E-state index in [0.717, 1.165) is 31.9 Å². The van der Waals surface area contributed by atoms with E-state index in [1.54, 1.807) is 18.2 Å². The van der Waals surface area contributed by atoms with E-state index >= 15 is 0 Å². The first-order chi connectivity index (χ1) is 10.0. The molecular weight excluding hydrogens is 281 g/mol. The van der Waals surface area contributed by atoms with Crippen LogP contribution in [0.4, 0.5) is 18.9 Å². The van der Waals surface area contributed by atoms with Crippen LogP contribution < -0.4 is 10.1 Å². The van der Waals surface area contributed by atoms with Gasteiger partial charge in [-0.2, -0.15) is 13.2 Å². The maximum Gasteiger partial charge on any atom is 0.392 e. The van der Waals surface area contributed by atoms with Crippen LogP contribution in [0.5, 0.6) is 5.75 Å². The lowest BCUT2D eigenvalue weighted by Gasteiger charge is -2.15. The van der Waals surface area contributed by atoms with Crippen molar-refractivity contribution >= 4 is 5.69 Å². The Morgan fingerprint density at radius 3 is 2.67 bits per heavy atom. The molecule has 2 rings (SSSR count). The van der Waals surface area contributed by atoms with E-state index in [1.807, 2.05) is 6.07 Å². The minimum Gasteiger partial charge on any atom is -0.493 e. The quantitative estimate of drug-likeness (QED) is 0.834. The molecule has 1 aromatic rings. The average molecular weight is 302 g/mol. The van der Waals surface area contributed by atoms with Crippen LogP contribution in [0, 0.1) is 0 Å². The van der Waals surface area contributed by atoms with E-state index in [2.05, 4.69) is 10.2 Å². The zero-order chi connectivity index (χ0) is 15.1. The molecule has 0 radical (unpaired) electrons. The van der Waals surface area contributed by atoms with Gasteiger partial charge in [-0.25, -0.2) is 0 Å². The van der Waals surface area contributed by atoms with Crippen LogP contribution in [0.3, 0.4) is 0 Å². The normalized spacial score (nSPS) is 16.1. The van der Waals surface area contributed by atoms with Gasteiger partial charge in [-0.3, -0.25) is 0 Å². The highest BCUT2D eigenvalue weighted by molar-refractivity contribution is 5.48. The van der Waals surface area contributed by atoms with Crippen LogP contribution in [-0.4, -0.2) is 43.9 Å². The van der Waals surface area contributed by atoms with E-state index in [1.165, 1.54) is 12.8 Å². The van der Waals surface area contributed by atoms with Crippen LogP contribution >= 0.6 is 0 Å². The van der Waals surface area contributed by atoms with Gasteiger partial charge in [-0.05, 0) is 38.1 Å². The van der Waals surface area contributed by atoms with Gasteiger partial charge in [-0.15, -0.1) is 0 Å². The number of likely N-dealkylation sites (tertiary alicyclic amines) is 1. The third-order valence-corrected chi connectivity index (χ3v) is 3.44. The largest absolute Gasteiger partial charge is 0.493 e. The number of rotatable bonds is 7. The summed E-state index contributed by atoms with van der Waals surface area (Å²) in [4.78, 5) is 2.40. The molecular formula is C15H21F3N2O. The molecule has 1 aliphatic heterocycles. The van der Waals surface area contributed by atoms with Crippen molar-refractivity contribution in [2.45, 2.75) is 25.4 Å². The number of alkyl halides is 3. The molecule has 1 heterocycles. The summed E-state index contributed by atoms with van der Waals surface area (Å²) in [7, 11) is 0. The molecule has 1 N–H and O–H groups in total. The molecule has 21 heavy (non-hydrogen) atoms. The van der Waals surface area contributed by atoms with Crippen molar-refractivity contribution in [1.29, 1.82) is 0 Å². The second kappa shape index (κ2) is 7.54. The Kier molecular flexibility index (Phi) is 5.73. The Bertz CT molecular complexity index is 431. The van der Waals surface area contributed by atoms with Crippen molar-refractivity contribution in [3.05, 3.63) is 24.3 Å². The summed E-state index contributed by atoms with van der Waals surface area (Å²) in [5, 5.41) is 3.27. The second-order valence-corrected chi connectivity index (χ2v) is 5.22. The first-order valence-electron chi connectivity index (χ1n) is 7.29. The number of hydrogen-bond donors (Lipinski definition) is 1. The molecule has 6 heteroatoms. The van der Waals surface area contributed by atoms with Gasteiger partial charge in [-0.1, -0.05) is 6.07 Å². The fraction of sp³-hybridized carbons (Fsp3) is 0.600. The van der Waals surface area contributed by atoms with Crippen LogP contribution in [0.1, 0.15) is 19.3 Å². The number of nitrogens with zero attached hydrogens (tertiary/aromatic N) is 1. The SMILES string of the molecule is FC(F)(F)CCOc1cccc(NCCN2CCCC2)c1. The van der Waals surface area contributed by atoms with Gasteiger partial charge in [0.2, 0.25) is 0 Å². The zero-order valence-corrected chi connectivity index (χ0v) is 12.0. The minimum atomic E-state index is -4.18. The molecule has 0 bridgehead atoms. The fourth-order valence-electron chi connectivity index (χ4n) is 2.35. The summed E-state index contributed by atoms with van der Waals surface area (Å²) in [6.07, 6.45) is -2.57. The van der Waals surface area contributed by atoms with Crippen LogP contribution in [0.25, 0.3) is 0 Å². The standard InChI is InChI=1S/C15H21F3N2O/c16-15(17,18)6-11-21-14-5-3-4-13(12-14)19-7-10-20-8-1-2-9-20/h3-5,12,19H,1-2,6-11H2. The van der Waals surface area contributed by atoms with Crippen LogP contribution in [-0.2, 0) is 0 Å². The van der Waals surface area contributed by atoms with E-state index < -0.39 is 12.6 Å². The van der Waals surface area contributed by atoms with Gasteiger partial charge >= 0.3 is 6.18 Å². The Balaban J connectivity index is 1.72. The number of hydrogen-bond acceptors (Lipinski definition) is 3. The maximum absolute atomic E-state index is 12.1. The Morgan fingerprint density at radius 1 is 1.19 bits per heavy atom. The number of benzene rings is 1. The number of halogens is 3. The summed E-state index contributed by atoms with van der Waals surface area (Å²) < 4.78 is 41.3. The first kappa shape index (κ1) is 15.9. The molecule has 1 fully saturated rings. The van der Waals surface area contributed by atoms with Crippen LogP contribution in [0.15, 0.2) is 24.3 Å². The summed E-state index contributed by atoms with van der Waals surface area (Å²) in [6, 6.07) is 7.07. The Morgan fingerprint density at radius 2 is 1.95 bits per heavy atom. The molecule has 0 spiro atoms. The van der Waals surface area contributed by atoms with Gasteiger partial charge in [0, 0.05) is 24.8 Å². The summed E-state index contributed by atoms with van der Waals surface area (Å²) in [6.45, 7) is 3.77. The lowest BCUT2D eigenvalue weighted by Crippen LogP contribution is -2.25. The second-order valence-electron chi connectivity index (χ2n) is 5.22. The smallest absolute Gasteiger partial charge is 0.392 e. The summed E-state index contributed by atoms with van der Waals surface area (Å²) in [5.41, 5.74) is 0.874. The third-order valence-electron chi connectivity index (χ3n) is 3.44. The zero-order valence-electron chi connectivity index (χ0n) is 12.0. The van der Waals surface area contributed by atoms with E-state index in [-0.39, 0.29) is 6.61 Å². The molecule has 0 aromatic heterocycles. The Hall–Kier alpha value is -1.43. The molecule has 0 atom stereocenters. The molecule has 0 amide bonds. The van der Waals surface area contributed by atoms with Crippen molar-refractivity contribution in [3.63, 3.8) is 0 Å². The van der Waals surface area contributed by atoms with Crippen LogP contribution in [0.2, 0.25) is 0 Å². The molecule has 0 aliphatic carbocycles. The van der Waals surface area contributed by atoms with Crippen molar-refractivity contribution < 1.29 is 17.9 Å².